The highest BCUT2D eigenvalue weighted by Crippen LogP contribution is 2.17. The maximum atomic E-state index is 4.26. The Kier molecular flexibility index (Phi) is 4.75. The SMILES string of the molecule is CN=C(NCCc1c[nH]c2ccccc12)NCc1ccsc1. The predicted octanol–water partition coefficient (Wildman–Crippen LogP) is 3.14. The van der Waals surface area contributed by atoms with E-state index in [2.05, 4.69) is 67.9 Å². The Morgan fingerprint density at radius 3 is 2.95 bits per heavy atom. The van der Waals surface area contributed by atoms with Crippen molar-refractivity contribution >= 4 is 28.2 Å². The number of nitrogens with one attached hydrogen (secondary N) is 3. The van der Waals surface area contributed by atoms with Gasteiger partial charge in [-0.3, -0.25) is 4.99 Å². The lowest BCUT2D eigenvalue weighted by Crippen LogP contribution is -2.37. The highest BCUT2D eigenvalue weighted by atomic mass is 32.1. The van der Waals surface area contributed by atoms with Gasteiger partial charge in [-0.15, -0.1) is 0 Å². The fraction of sp³-hybridized carbons (Fsp3) is 0.235. The van der Waals surface area contributed by atoms with Crippen molar-refractivity contribution < 1.29 is 0 Å². The Labute approximate surface area is 134 Å². The summed E-state index contributed by atoms with van der Waals surface area (Å²) in [5, 5.41) is 12.2. The van der Waals surface area contributed by atoms with Gasteiger partial charge in [-0.05, 0) is 40.4 Å². The number of rotatable bonds is 5. The molecule has 2 aromatic heterocycles. The number of hydrogen-bond acceptors (Lipinski definition) is 2. The van der Waals surface area contributed by atoms with Crippen molar-refractivity contribution in [3.8, 4) is 0 Å². The van der Waals surface area contributed by atoms with Gasteiger partial charge >= 0.3 is 0 Å². The maximum Gasteiger partial charge on any atom is 0.191 e. The minimum absolute atomic E-state index is 0.802. The van der Waals surface area contributed by atoms with Crippen LogP contribution >= 0.6 is 11.3 Å². The van der Waals surface area contributed by atoms with E-state index in [0.717, 1.165) is 25.5 Å². The Morgan fingerprint density at radius 1 is 1.23 bits per heavy atom. The zero-order valence-corrected chi connectivity index (χ0v) is 13.4. The molecule has 4 nitrogen and oxygen atoms in total. The molecule has 1 aromatic carbocycles. The number of aromatic amines is 1. The van der Waals surface area contributed by atoms with Crippen LogP contribution in [0.1, 0.15) is 11.1 Å². The standard InChI is InChI=1S/C17H20N4S/c1-18-17(21-10-13-7-9-22-12-13)19-8-6-14-11-20-16-5-3-2-4-15(14)16/h2-5,7,9,11-12,20H,6,8,10H2,1H3,(H2,18,19,21). The third kappa shape index (κ3) is 3.49. The van der Waals surface area contributed by atoms with Gasteiger partial charge in [-0.2, -0.15) is 11.3 Å². The van der Waals surface area contributed by atoms with Crippen molar-refractivity contribution in [3.05, 3.63) is 58.4 Å². The summed E-state index contributed by atoms with van der Waals surface area (Å²) in [7, 11) is 1.80. The Morgan fingerprint density at radius 2 is 2.14 bits per heavy atom. The highest BCUT2D eigenvalue weighted by molar-refractivity contribution is 7.07. The van der Waals surface area contributed by atoms with Crippen molar-refractivity contribution in [1.29, 1.82) is 0 Å². The second-order valence-electron chi connectivity index (χ2n) is 5.09. The van der Waals surface area contributed by atoms with E-state index in [0.29, 0.717) is 0 Å². The second kappa shape index (κ2) is 7.13. The third-order valence-electron chi connectivity index (χ3n) is 3.63. The first-order valence-electron chi connectivity index (χ1n) is 7.37. The van der Waals surface area contributed by atoms with Gasteiger partial charge in [0.25, 0.3) is 0 Å². The molecule has 22 heavy (non-hydrogen) atoms. The van der Waals surface area contributed by atoms with Crippen LogP contribution in [0.15, 0.2) is 52.3 Å². The molecule has 0 radical (unpaired) electrons. The summed E-state index contributed by atoms with van der Waals surface area (Å²) in [6.07, 6.45) is 3.05. The molecule has 0 atom stereocenters. The van der Waals surface area contributed by atoms with E-state index in [1.807, 2.05) is 0 Å². The van der Waals surface area contributed by atoms with Crippen molar-refractivity contribution in [2.75, 3.05) is 13.6 Å². The molecule has 0 spiro atoms. The van der Waals surface area contributed by atoms with Gasteiger partial charge in [0.2, 0.25) is 0 Å². The van der Waals surface area contributed by atoms with E-state index in [1.54, 1.807) is 18.4 Å². The van der Waals surface area contributed by atoms with Gasteiger partial charge in [0.05, 0.1) is 0 Å². The first-order chi connectivity index (χ1) is 10.9. The van der Waals surface area contributed by atoms with Crippen LogP contribution in [0, 0.1) is 0 Å². The van der Waals surface area contributed by atoms with Crippen LogP contribution in [0.25, 0.3) is 10.9 Å². The smallest absolute Gasteiger partial charge is 0.191 e. The molecule has 0 aliphatic heterocycles. The van der Waals surface area contributed by atoms with Crippen LogP contribution in [0.2, 0.25) is 0 Å². The molecule has 0 amide bonds. The summed E-state index contributed by atoms with van der Waals surface area (Å²) < 4.78 is 0. The summed E-state index contributed by atoms with van der Waals surface area (Å²) in [6, 6.07) is 10.5. The number of H-pyrrole nitrogens is 1. The summed E-state index contributed by atoms with van der Waals surface area (Å²) in [5.41, 5.74) is 3.80. The van der Waals surface area contributed by atoms with Crippen LogP contribution in [-0.4, -0.2) is 24.5 Å². The number of benzene rings is 1. The number of thiophene rings is 1. The van der Waals surface area contributed by atoms with Crippen LogP contribution in [-0.2, 0) is 13.0 Å². The number of nitrogens with zero attached hydrogens (tertiary/aromatic N) is 1. The molecule has 0 aliphatic carbocycles. The lowest BCUT2D eigenvalue weighted by Gasteiger charge is -2.11. The number of aromatic nitrogens is 1. The molecule has 5 heteroatoms. The van der Waals surface area contributed by atoms with Crippen molar-refractivity contribution in [1.82, 2.24) is 15.6 Å². The number of aliphatic imine (C=N–C) groups is 1. The lowest BCUT2D eigenvalue weighted by atomic mass is 10.1. The molecule has 3 N–H and O–H groups in total. The summed E-state index contributed by atoms with van der Waals surface area (Å²) >= 11 is 1.71. The van der Waals surface area contributed by atoms with Crippen LogP contribution in [0.3, 0.4) is 0 Å². The lowest BCUT2D eigenvalue weighted by molar-refractivity contribution is 0.797. The topological polar surface area (TPSA) is 52.2 Å². The Bertz CT molecular complexity index is 743. The molecule has 0 aliphatic rings. The average molecular weight is 312 g/mol. The van der Waals surface area contributed by atoms with Gasteiger partial charge in [0.15, 0.2) is 5.96 Å². The normalized spacial score (nSPS) is 11.8. The van der Waals surface area contributed by atoms with E-state index in [9.17, 15) is 0 Å². The second-order valence-corrected chi connectivity index (χ2v) is 5.87. The minimum atomic E-state index is 0.802. The monoisotopic (exact) mass is 312 g/mol. The third-order valence-corrected chi connectivity index (χ3v) is 4.36. The largest absolute Gasteiger partial charge is 0.361 e. The average Bonchev–Trinajstić information content (AvgIpc) is 3.20. The quantitative estimate of drug-likeness (QED) is 0.501. The summed E-state index contributed by atoms with van der Waals surface area (Å²) in [6.45, 7) is 1.65. The summed E-state index contributed by atoms with van der Waals surface area (Å²) in [4.78, 5) is 7.57. The van der Waals surface area contributed by atoms with Crippen LogP contribution in [0.4, 0.5) is 0 Å². The van der Waals surface area contributed by atoms with Gasteiger partial charge in [-0.1, -0.05) is 18.2 Å². The molecule has 114 valence electrons. The van der Waals surface area contributed by atoms with Crippen LogP contribution < -0.4 is 10.6 Å². The fourth-order valence-corrected chi connectivity index (χ4v) is 3.12. The first kappa shape index (κ1) is 14.7. The molecule has 2 heterocycles. The number of para-hydroxylation sites is 1. The zero-order chi connectivity index (χ0) is 15.2. The van der Waals surface area contributed by atoms with E-state index < -0.39 is 0 Å². The number of fused-ring (bicyclic) bond motifs is 1. The fourth-order valence-electron chi connectivity index (χ4n) is 2.45. The molecule has 0 saturated carbocycles. The zero-order valence-electron chi connectivity index (χ0n) is 12.6. The molecule has 3 rings (SSSR count). The minimum Gasteiger partial charge on any atom is -0.361 e. The predicted molar refractivity (Wildman–Crippen MR) is 94.5 cm³/mol. The highest BCUT2D eigenvalue weighted by Gasteiger charge is 2.03. The molecule has 0 fully saturated rings. The first-order valence-corrected chi connectivity index (χ1v) is 8.31. The molecular formula is C17H20N4S. The van der Waals surface area contributed by atoms with E-state index in [1.165, 1.54) is 22.0 Å². The van der Waals surface area contributed by atoms with Crippen LogP contribution in [0.5, 0.6) is 0 Å². The van der Waals surface area contributed by atoms with E-state index in [4.69, 9.17) is 0 Å². The molecular weight excluding hydrogens is 292 g/mol. The van der Waals surface area contributed by atoms with Crippen molar-refractivity contribution in [2.24, 2.45) is 4.99 Å². The van der Waals surface area contributed by atoms with Crippen molar-refractivity contribution in [3.63, 3.8) is 0 Å². The molecule has 0 bridgehead atoms. The number of hydrogen-bond donors (Lipinski definition) is 3. The van der Waals surface area contributed by atoms with E-state index >= 15 is 0 Å². The Hall–Kier alpha value is -2.27. The van der Waals surface area contributed by atoms with Gasteiger partial charge in [-0.25, -0.2) is 0 Å². The van der Waals surface area contributed by atoms with Gasteiger partial charge in [0, 0.05) is 37.2 Å². The molecule has 0 saturated heterocycles. The maximum absolute atomic E-state index is 4.26. The number of guanidine groups is 1. The Balaban J connectivity index is 1.51. The molecule has 3 aromatic rings. The van der Waals surface area contributed by atoms with Crippen molar-refractivity contribution in [2.45, 2.75) is 13.0 Å². The van der Waals surface area contributed by atoms with E-state index in [-0.39, 0.29) is 0 Å². The van der Waals surface area contributed by atoms with Gasteiger partial charge < -0.3 is 15.6 Å². The molecule has 0 unspecified atom stereocenters. The summed E-state index contributed by atoms with van der Waals surface area (Å²) in [5.74, 6) is 0.839. The van der Waals surface area contributed by atoms with Gasteiger partial charge in [0.1, 0.15) is 0 Å².